The third kappa shape index (κ3) is 4.60. The van der Waals surface area contributed by atoms with Gasteiger partial charge in [-0.2, -0.15) is 0 Å². The predicted molar refractivity (Wildman–Crippen MR) is 89.1 cm³/mol. The minimum absolute atomic E-state index is 0.0523. The van der Waals surface area contributed by atoms with Crippen LogP contribution in [0.1, 0.15) is 26.2 Å². The Kier molecular flexibility index (Phi) is 5.91. The van der Waals surface area contributed by atoms with Crippen molar-refractivity contribution in [3.63, 3.8) is 0 Å². The molecule has 116 valence electrons. The Morgan fingerprint density at radius 1 is 1.29 bits per heavy atom. The van der Waals surface area contributed by atoms with Crippen LogP contribution >= 0.6 is 23.2 Å². The number of benzene rings is 1. The highest BCUT2D eigenvalue weighted by atomic mass is 35.5. The Morgan fingerprint density at radius 2 is 1.86 bits per heavy atom. The molecule has 1 aromatic rings. The summed E-state index contributed by atoms with van der Waals surface area (Å²) in [6.45, 7) is 4.21. The molecular weight excluding hydrogens is 307 g/mol. The number of carbonyl (C=O) groups excluding carboxylic acids is 1. The summed E-state index contributed by atoms with van der Waals surface area (Å²) < 4.78 is 0. The van der Waals surface area contributed by atoms with Crippen LogP contribution in [0.2, 0.25) is 10.0 Å². The molecule has 1 heterocycles. The molecule has 21 heavy (non-hydrogen) atoms. The number of halogens is 2. The van der Waals surface area contributed by atoms with Crippen molar-refractivity contribution in [3.8, 4) is 0 Å². The van der Waals surface area contributed by atoms with E-state index in [-0.39, 0.29) is 11.8 Å². The maximum atomic E-state index is 12.5. The Balaban J connectivity index is 2.02. The second-order valence-electron chi connectivity index (χ2n) is 5.80. The van der Waals surface area contributed by atoms with Crippen LogP contribution in [0.25, 0.3) is 0 Å². The van der Waals surface area contributed by atoms with Crippen LogP contribution in [0.15, 0.2) is 18.2 Å². The van der Waals surface area contributed by atoms with E-state index in [9.17, 15) is 4.79 Å². The minimum atomic E-state index is 0.0523. The quantitative estimate of drug-likeness (QED) is 0.893. The molecule has 0 saturated carbocycles. The van der Waals surface area contributed by atoms with Gasteiger partial charge in [-0.1, -0.05) is 30.1 Å². The van der Waals surface area contributed by atoms with Crippen molar-refractivity contribution in [3.05, 3.63) is 28.2 Å². The molecule has 0 spiro atoms. The highest BCUT2D eigenvalue weighted by Gasteiger charge is 2.29. The number of carbonyl (C=O) groups is 1. The van der Waals surface area contributed by atoms with Crippen LogP contribution in [0.4, 0.5) is 5.69 Å². The number of nitrogens with one attached hydrogen (secondary N) is 1. The van der Waals surface area contributed by atoms with Crippen LogP contribution in [-0.2, 0) is 4.79 Å². The number of rotatable bonds is 4. The molecule has 0 aromatic heterocycles. The molecule has 0 aliphatic carbocycles. The van der Waals surface area contributed by atoms with Gasteiger partial charge in [0.2, 0.25) is 5.91 Å². The van der Waals surface area contributed by atoms with Gasteiger partial charge in [-0.25, -0.2) is 0 Å². The van der Waals surface area contributed by atoms with Crippen LogP contribution < -0.4 is 5.32 Å². The molecule has 1 aliphatic heterocycles. The standard InChI is InChI=1S/C16H22Cl2N2O/c1-3-15(11-4-6-20(2)7-5-11)16(21)19-14-9-12(17)8-13(18)10-14/h8-11,15H,3-7H2,1-2H3,(H,19,21). The fourth-order valence-electron chi connectivity index (χ4n) is 3.02. The van der Waals surface area contributed by atoms with Gasteiger partial charge in [0.15, 0.2) is 0 Å². The monoisotopic (exact) mass is 328 g/mol. The van der Waals surface area contributed by atoms with Crippen molar-refractivity contribution < 1.29 is 4.79 Å². The van der Waals surface area contributed by atoms with Gasteiger partial charge < -0.3 is 10.2 Å². The molecule has 1 fully saturated rings. The van der Waals surface area contributed by atoms with E-state index in [0.29, 0.717) is 21.7 Å². The van der Waals surface area contributed by atoms with Crippen molar-refractivity contribution in [2.75, 3.05) is 25.5 Å². The number of amides is 1. The van der Waals surface area contributed by atoms with Crippen molar-refractivity contribution in [2.45, 2.75) is 26.2 Å². The summed E-state index contributed by atoms with van der Waals surface area (Å²) in [6.07, 6.45) is 3.02. The molecule has 1 atom stereocenters. The Labute approximate surface area is 136 Å². The first-order valence-electron chi connectivity index (χ1n) is 7.45. The number of piperidine rings is 1. The summed E-state index contributed by atoms with van der Waals surface area (Å²) in [6, 6.07) is 5.12. The lowest BCUT2D eigenvalue weighted by Crippen LogP contribution is -2.37. The third-order valence-corrected chi connectivity index (χ3v) is 4.68. The van der Waals surface area contributed by atoms with E-state index in [1.165, 1.54) is 0 Å². The average Bonchev–Trinajstić information content (AvgIpc) is 2.40. The molecule has 1 aromatic carbocycles. The Bertz CT molecular complexity index is 479. The Morgan fingerprint density at radius 3 is 2.38 bits per heavy atom. The fourth-order valence-corrected chi connectivity index (χ4v) is 3.55. The SMILES string of the molecule is CCC(C(=O)Nc1cc(Cl)cc(Cl)c1)C1CCN(C)CC1. The topological polar surface area (TPSA) is 32.3 Å². The maximum absolute atomic E-state index is 12.5. The summed E-state index contributed by atoms with van der Waals surface area (Å²) >= 11 is 11.9. The molecule has 2 rings (SSSR count). The summed E-state index contributed by atoms with van der Waals surface area (Å²) in [5, 5.41) is 4.03. The smallest absolute Gasteiger partial charge is 0.227 e. The largest absolute Gasteiger partial charge is 0.326 e. The average molecular weight is 329 g/mol. The van der Waals surface area contributed by atoms with E-state index in [0.717, 1.165) is 32.4 Å². The van der Waals surface area contributed by atoms with Gasteiger partial charge in [0.25, 0.3) is 0 Å². The molecule has 5 heteroatoms. The Hall–Kier alpha value is -0.770. The zero-order valence-corrected chi connectivity index (χ0v) is 14.0. The zero-order chi connectivity index (χ0) is 15.4. The van der Waals surface area contributed by atoms with Gasteiger partial charge in [0, 0.05) is 21.7 Å². The predicted octanol–water partition coefficient (Wildman–Crippen LogP) is 4.30. The molecule has 0 radical (unpaired) electrons. The lowest BCUT2D eigenvalue weighted by atomic mass is 9.82. The van der Waals surface area contributed by atoms with E-state index in [2.05, 4.69) is 24.2 Å². The van der Waals surface area contributed by atoms with Crippen LogP contribution in [0, 0.1) is 11.8 Å². The van der Waals surface area contributed by atoms with Crippen LogP contribution in [0.3, 0.4) is 0 Å². The van der Waals surface area contributed by atoms with E-state index >= 15 is 0 Å². The highest BCUT2D eigenvalue weighted by molar-refractivity contribution is 6.35. The van der Waals surface area contributed by atoms with Crippen molar-refractivity contribution in [1.82, 2.24) is 4.90 Å². The molecule has 1 aliphatic rings. The van der Waals surface area contributed by atoms with E-state index in [1.807, 2.05) is 0 Å². The molecule has 1 N–H and O–H groups in total. The number of hydrogen-bond acceptors (Lipinski definition) is 2. The van der Waals surface area contributed by atoms with Gasteiger partial charge in [-0.3, -0.25) is 4.79 Å². The van der Waals surface area contributed by atoms with Gasteiger partial charge >= 0.3 is 0 Å². The van der Waals surface area contributed by atoms with Crippen LogP contribution in [0.5, 0.6) is 0 Å². The van der Waals surface area contributed by atoms with Crippen molar-refractivity contribution in [2.24, 2.45) is 11.8 Å². The lowest BCUT2D eigenvalue weighted by molar-refractivity contribution is -0.122. The molecule has 3 nitrogen and oxygen atoms in total. The van der Waals surface area contributed by atoms with Crippen LogP contribution in [-0.4, -0.2) is 30.9 Å². The lowest BCUT2D eigenvalue weighted by Gasteiger charge is -2.33. The molecule has 1 saturated heterocycles. The first-order chi connectivity index (χ1) is 9.99. The summed E-state index contributed by atoms with van der Waals surface area (Å²) in [4.78, 5) is 14.9. The van der Waals surface area contributed by atoms with Gasteiger partial charge in [0.1, 0.15) is 0 Å². The molecule has 0 bridgehead atoms. The number of likely N-dealkylation sites (tertiary alicyclic amines) is 1. The van der Waals surface area contributed by atoms with E-state index < -0.39 is 0 Å². The fraction of sp³-hybridized carbons (Fsp3) is 0.562. The molecule has 1 amide bonds. The molecular formula is C16H22Cl2N2O. The molecule has 1 unspecified atom stereocenters. The zero-order valence-electron chi connectivity index (χ0n) is 12.5. The summed E-state index contributed by atoms with van der Waals surface area (Å²) in [7, 11) is 2.13. The van der Waals surface area contributed by atoms with E-state index in [1.54, 1.807) is 18.2 Å². The van der Waals surface area contributed by atoms with Gasteiger partial charge in [-0.05, 0) is 63.5 Å². The second kappa shape index (κ2) is 7.48. The van der Waals surface area contributed by atoms with Crippen molar-refractivity contribution in [1.29, 1.82) is 0 Å². The first kappa shape index (κ1) is 16.6. The number of hydrogen-bond donors (Lipinski definition) is 1. The minimum Gasteiger partial charge on any atom is -0.326 e. The summed E-state index contributed by atoms with van der Waals surface area (Å²) in [5.41, 5.74) is 0.670. The normalized spacial score (nSPS) is 18.5. The number of anilines is 1. The number of nitrogens with zero attached hydrogens (tertiary/aromatic N) is 1. The second-order valence-corrected chi connectivity index (χ2v) is 6.68. The summed E-state index contributed by atoms with van der Waals surface area (Å²) in [5.74, 6) is 0.586. The van der Waals surface area contributed by atoms with E-state index in [4.69, 9.17) is 23.2 Å². The highest BCUT2D eigenvalue weighted by Crippen LogP contribution is 2.29. The first-order valence-corrected chi connectivity index (χ1v) is 8.20. The van der Waals surface area contributed by atoms with Gasteiger partial charge in [0.05, 0.1) is 0 Å². The third-order valence-electron chi connectivity index (χ3n) is 4.24. The maximum Gasteiger partial charge on any atom is 0.227 e. The van der Waals surface area contributed by atoms with Crippen molar-refractivity contribution >= 4 is 34.8 Å². The van der Waals surface area contributed by atoms with Gasteiger partial charge in [-0.15, -0.1) is 0 Å².